The number of thioether (sulfide) groups is 1. The third-order valence-corrected chi connectivity index (χ3v) is 7.71. The van der Waals surface area contributed by atoms with E-state index in [9.17, 15) is 9.59 Å². The lowest BCUT2D eigenvalue weighted by molar-refractivity contribution is -0.139. The van der Waals surface area contributed by atoms with Gasteiger partial charge in [-0.1, -0.05) is 90.1 Å². The average molecular weight is 490 g/mol. The monoisotopic (exact) mass is 489 g/mol. The Morgan fingerprint density at radius 2 is 1.74 bits per heavy atom. The van der Waals surface area contributed by atoms with Crippen LogP contribution in [-0.2, 0) is 29.7 Å². The minimum absolute atomic E-state index is 0.0925. The van der Waals surface area contributed by atoms with Gasteiger partial charge in [0.2, 0.25) is 11.8 Å². The summed E-state index contributed by atoms with van der Waals surface area (Å²) >= 11 is 7.93. The number of nitrogens with one attached hydrogen (secondary N) is 1. The Morgan fingerprint density at radius 3 is 2.53 bits per heavy atom. The molecule has 5 rings (SSSR count). The highest BCUT2D eigenvalue weighted by Crippen LogP contribution is 2.42. The molecular formula is C27H24ClN3O2S. The summed E-state index contributed by atoms with van der Waals surface area (Å²) in [5.41, 5.74) is 3.72. The standard InChI is InChI=1S/C27H24ClN3O2S/c1-30-22-14-8-6-12-20(22)24-25(26(33)29-15-18-9-3-2-4-10-18)31(23(32)17-34-27(24)30)16-19-11-5-7-13-21(19)28/h2-14,25H,15-17H2,1H3,(H,29,33). The van der Waals surface area contributed by atoms with Gasteiger partial charge in [0.25, 0.3) is 0 Å². The summed E-state index contributed by atoms with van der Waals surface area (Å²) in [6.07, 6.45) is 0. The highest BCUT2D eigenvalue weighted by molar-refractivity contribution is 8.00. The Labute approximate surface area is 207 Å². The van der Waals surface area contributed by atoms with Gasteiger partial charge in [-0.15, -0.1) is 0 Å². The molecule has 0 aliphatic carbocycles. The minimum atomic E-state index is -0.774. The maximum Gasteiger partial charge on any atom is 0.247 e. The number of para-hydroxylation sites is 1. The SMILES string of the molecule is Cn1c2c(c3ccccc31)C(C(=O)NCc1ccccc1)N(Cc1ccccc1Cl)C(=O)CS2. The molecule has 0 saturated heterocycles. The first-order valence-electron chi connectivity index (χ1n) is 11.1. The van der Waals surface area contributed by atoms with E-state index in [4.69, 9.17) is 11.6 Å². The summed E-state index contributed by atoms with van der Waals surface area (Å²) < 4.78 is 2.08. The number of fused-ring (bicyclic) bond motifs is 3. The second-order valence-electron chi connectivity index (χ2n) is 8.30. The van der Waals surface area contributed by atoms with Gasteiger partial charge in [-0.25, -0.2) is 0 Å². The van der Waals surface area contributed by atoms with Gasteiger partial charge < -0.3 is 14.8 Å². The molecule has 1 aromatic heterocycles. The number of benzene rings is 3. The fraction of sp³-hybridized carbons (Fsp3) is 0.185. The van der Waals surface area contributed by atoms with Gasteiger partial charge in [-0.05, 0) is 23.3 Å². The van der Waals surface area contributed by atoms with Crippen LogP contribution in [0.4, 0.5) is 0 Å². The number of halogens is 1. The highest BCUT2D eigenvalue weighted by atomic mass is 35.5. The lowest BCUT2D eigenvalue weighted by Gasteiger charge is -2.30. The Hall–Kier alpha value is -3.22. The molecule has 172 valence electrons. The first-order valence-corrected chi connectivity index (χ1v) is 12.5. The highest BCUT2D eigenvalue weighted by Gasteiger charge is 2.39. The van der Waals surface area contributed by atoms with Crippen molar-refractivity contribution in [2.75, 3.05) is 5.75 Å². The molecule has 0 bridgehead atoms. The molecule has 1 aliphatic rings. The molecule has 1 aliphatic heterocycles. The molecular weight excluding hydrogens is 466 g/mol. The van der Waals surface area contributed by atoms with Crippen molar-refractivity contribution >= 4 is 46.1 Å². The van der Waals surface area contributed by atoms with E-state index >= 15 is 0 Å². The Morgan fingerprint density at radius 1 is 1.03 bits per heavy atom. The van der Waals surface area contributed by atoms with Crippen molar-refractivity contribution in [1.82, 2.24) is 14.8 Å². The van der Waals surface area contributed by atoms with Crippen LogP contribution in [0.5, 0.6) is 0 Å². The Kier molecular flexibility index (Phi) is 6.35. The summed E-state index contributed by atoms with van der Waals surface area (Å²) in [5, 5.41) is 5.57. The molecule has 1 unspecified atom stereocenters. The van der Waals surface area contributed by atoms with Crippen molar-refractivity contribution in [3.05, 3.63) is 101 Å². The zero-order valence-electron chi connectivity index (χ0n) is 18.7. The minimum Gasteiger partial charge on any atom is -0.350 e. The zero-order valence-corrected chi connectivity index (χ0v) is 20.3. The lowest BCUT2D eigenvalue weighted by atomic mass is 10.0. The van der Waals surface area contributed by atoms with Crippen LogP contribution in [0.1, 0.15) is 22.7 Å². The number of hydrogen-bond donors (Lipinski definition) is 1. The van der Waals surface area contributed by atoms with Gasteiger partial charge in [-0.3, -0.25) is 9.59 Å². The van der Waals surface area contributed by atoms with Crippen LogP contribution in [-0.4, -0.2) is 27.0 Å². The third-order valence-electron chi connectivity index (χ3n) is 6.18. The van der Waals surface area contributed by atoms with E-state index in [2.05, 4.69) is 9.88 Å². The maximum atomic E-state index is 13.8. The third kappa shape index (κ3) is 4.19. The largest absolute Gasteiger partial charge is 0.350 e. The quantitative estimate of drug-likeness (QED) is 0.412. The van der Waals surface area contributed by atoms with Gasteiger partial charge >= 0.3 is 0 Å². The fourth-order valence-corrected chi connectivity index (χ4v) is 5.79. The molecule has 34 heavy (non-hydrogen) atoms. The first kappa shape index (κ1) is 22.6. The molecule has 2 heterocycles. The van der Waals surface area contributed by atoms with Crippen LogP contribution in [0.2, 0.25) is 5.02 Å². The average Bonchev–Trinajstić information content (AvgIpc) is 3.04. The summed E-state index contributed by atoms with van der Waals surface area (Å²) in [6, 6.07) is 24.5. The van der Waals surface area contributed by atoms with E-state index in [-0.39, 0.29) is 24.1 Å². The smallest absolute Gasteiger partial charge is 0.247 e. The molecule has 0 saturated carbocycles. The number of aromatic nitrogens is 1. The summed E-state index contributed by atoms with van der Waals surface area (Å²) in [5.74, 6) is -0.0428. The van der Waals surface area contributed by atoms with E-state index in [1.54, 1.807) is 4.90 Å². The van der Waals surface area contributed by atoms with Gasteiger partial charge in [0, 0.05) is 41.6 Å². The number of rotatable bonds is 5. The Balaban J connectivity index is 1.60. The van der Waals surface area contributed by atoms with Crippen LogP contribution in [0.3, 0.4) is 0 Å². The van der Waals surface area contributed by atoms with E-state index in [1.165, 1.54) is 11.8 Å². The van der Waals surface area contributed by atoms with Crippen LogP contribution in [0.15, 0.2) is 83.9 Å². The second-order valence-corrected chi connectivity index (χ2v) is 9.67. The number of carbonyl (C=O) groups excluding carboxylic acids is 2. The van der Waals surface area contributed by atoms with Crippen molar-refractivity contribution in [3.63, 3.8) is 0 Å². The number of aryl methyl sites for hydroxylation is 1. The van der Waals surface area contributed by atoms with Crippen molar-refractivity contribution in [2.45, 2.75) is 24.2 Å². The van der Waals surface area contributed by atoms with Crippen LogP contribution < -0.4 is 5.32 Å². The van der Waals surface area contributed by atoms with E-state index in [1.807, 2.05) is 85.9 Å². The summed E-state index contributed by atoms with van der Waals surface area (Å²) in [7, 11) is 1.99. The molecule has 0 fully saturated rings. The molecule has 2 amide bonds. The molecule has 5 nitrogen and oxygen atoms in total. The van der Waals surface area contributed by atoms with E-state index in [0.717, 1.165) is 32.6 Å². The van der Waals surface area contributed by atoms with Gasteiger partial charge in [0.15, 0.2) is 0 Å². The molecule has 0 radical (unpaired) electrons. The Bertz CT molecular complexity index is 1370. The normalized spacial score (nSPS) is 15.8. The molecule has 4 aromatic rings. The number of hydrogen-bond acceptors (Lipinski definition) is 3. The van der Waals surface area contributed by atoms with Crippen molar-refractivity contribution in [1.29, 1.82) is 0 Å². The summed E-state index contributed by atoms with van der Waals surface area (Å²) in [6.45, 7) is 0.642. The predicted octanol–water partition coefficient (Wildman–Crippen LogP) is 5.32. The molecule has 1 atom stereocenters. The molecule has 3 aromatic carbocycles. The fourth-order valence-electron chi connectivity index (χ4n) is 4.49. The maximum absolute atomic E-state index is 13.8. The van der Waals surface area contributed by atoms with E-state index in [0.29, 0.717) is 11.6 Å². The van der Waals surface area contributed by atoms with Crippen LogP contribution in [0.25, 0.3) is 10.9 Å². The van der Waals surface area contributed by atoms with E-state index < -0.39 is 6.04 Å². The second kappa shape index (κ2) is 9.57. The predicted molar refractivity (Wildman–Crippen MR) is 137 cm³/mol. The van der Waals surface area contributed by atoms with Gasteiger partial charge in [-0.2, -0.15) is 0 Å². The number of carbonyl (C=O) groups is 2. The van der Waals surface area contributed by atoms with Crippen LogP contribution in [0, 0.1) is 0 Å². The number of nitrogens with zero attached hydrogens (tertiary/aromatic N) is 2. The van der Waals surface area contributed by atoms with Crippen molar-refractivity contribution < 1.29 is 9.59 Å². The van der Waals surface area contributed by atoms with Crippen molar-refractivity contribution in [3.8, 4) is 0 Å². The summed E-state index contributed by atoms with van der Waals surface area (Å²) in [4.78, 5) is 28.9. The number of amides is 2. The van der Waals surface area contributed by atoms with Gasteiger partial charge in [0.1, 0.15) is 6.04 Å². The van der Waals surface area contributed by atoms with Crippen LogP contribution >= 0.6 is 23.4 Å². The zero-order chi connectivity index (χ0) is 23.7. The van der Waals surface area contributed by atoms with Gasteiger partial charge in [0.05, 0.1) is 10.8 Å². The molecule has 7 heteroatoms. The molecule has 1 N–H and O–H groups in total. The lowest BCUT2D eigenvalue weighted by Crippen LogP contribution is -2.43. The topological polar surface area (TPSA) is 54.3 Å². The van der Waals surface area contributed by atoms with Crippen molar-refractivity contribution in [2.24, 2.45) is 7.05 Å². The molecule has 0 spiro atoms. The first-order chi connectivity index (χ1) is 16.5.